The molecule has 2 N–H and O–H groups in total. The molecule has 164 valence electrons. The first-order valence-corrected chi connectivity index (χ1v) is 10.3. The predicted octanol–water partition coefficient (Wildman–Crippen LogP) is 5.28. The minimum absolute atomic E-state index is 0.0407. The molecule has 0 aliphatic rings. The Hall–Kier alpha value is -4.45. The molecule has 0 aromatic heterocycles. The highest BCUT2D eigenvalue weighted by molar-refractivity contribution is 6.02. The molecule has 0 fully saturated rings. The van der Waals surface area contributed by atoms with Crippen molar-refractivity contribution in [2.75, 3.05) is 5.32 Å². The molecule has 1 amide bonds. The number of anilines is 1. The minimum atomic E-state index is -1.27. The lowest BCUT2D eigenvalue weighted by Crippen LogP contribution is -2.26. The molecular formula is C27H21NO5. The van der Waals surface area contributed by atoms with Crippen molar-refractivity contribution in [2.45, 2.75) is 13.0 Å². The summed E-state index contributed by atoms with van der Waals surface area (Å²) < 4.78 is 5.59. The normalized spacial score (nSPS) is 11.5. The SMILES string of the molecule is CC(=O)c1cccc(NC(=O)C(OC(=O)c2cc3ccccc3cc2O)c2ccccc2)c1. The van der Waals surface area contributed by atoms with E-state index in [4.69, 9.17) is 4.74 Å². The molecule has 0 heterocycles. The number of carbonyl (C=O) groups is 3. The molecule has 0 aliphatic carbocycles. The average molecular weight is 439 g/mol. The van der Waals surface area contributed by atoms with Crippen molar-refractivity contribution in [3.05, 3.63) is 108 Å². The smallest absolute Gasteiger partial charge is 0.343 e. The third kappa shape index (κ3) is 4.91. The number of hydrogen-bond donors (Lipinski definition) is 2. The average Bonchev–Trinajstić information content (AvgIpc) is 2.82. The van der Waals surface area contributed by atoms with E-state index in [1.54, 1.807) is 54.6 Å². The van der Waals surface area contributed by atoms with E-state index in [9.17, 15) is 19.5 Å². The number of fused-ring (bicyclic) bond motifs is 1. The Morgan fingerprint density at radius 1 is 0.818 bits per heavy atom. The number of ketones is 1. The first-order valence-electron chi connectivity index (χ1n) is 10.3. The van der Waals surface area contributed by atoms with Crippen LogP contribution in [0.3, 0.4) is 0 Å². The number of benzene rings is 4. The van der Waals surface area contributed by atoms with Gasteiger partial charge in [-0.1, -0.05) is 66.7 Å². The van der Waals surface area contributed by atoms with Crippen molar-refractivity contribution in [3.8, 4) is 5.75 Å². The maximum atomic E-state index is 13.1. The Bertz CT molecular complexity index is 1350. The van der Waals surface area contributed by atoms with Crippen LogP contribution in [0.15, 0.2) is 91.0 Å². The van der Waals surface area contributed by atoms with Gasteiger partial charge in [0.15, 0.2) is 5.78 Å². The second kappa shape index (κ2) is 9.36. The molecule has 33 heavy (non-hydrogen) atoms. The molecule has 0 spiro atoms. The number of amides is 1. The first kappa shape index (κ1) is 21.8. The number of hydrogen-bond acceptors (Lipinski definition) is 5. The molecule has 4 rings (SSSR count). The van der Waals surface area contributed by atoms with E-state index in [0.29, 0.717) is 16.8 Å². The highest BCUT2D eigenvalue weighted by Crippen LogP contribution is 2.28. The summed E-state index contributed by atoms with van der Waals surface area (Å²) in [6.07, 6.45) is -1.27. The van der Waals surface area contributed by atoms with E-state index in [-0.39, 0.29) is 17.1 Å². The highest BCUT2D eigenvalue weighted by atomic mass is 16.5. The van der Waals surface area contributed by atoms with Crippen LogP contribution in [0.1, 0.15) is 39.3 Å². The van der Waals surface area contributed by atoms with Crippen molar-refractivity contribution in [1.82, 2.24) is 0 Å². The second-order valence-corrected chi connectivity index (χ2v) is 7.54. The summed E-state index contributed by atoms with van der Waals surface area (Å²) in [7, 11) is 0. The van der Waals surface area contributed by atoms with Gasteiger partial charge in [-0.15, -0.1) is 0 Å². The summed E-state index contributed by atoms with van der Waals surface area (Å²) >= 11 is 0. The maximum absolute atomic E-state index is 13.1. The highest BCUT2D eigenvalue weighted by Gasteiger charge is 2.27. The fourth-order valence-corrected chi connectivity index (χ4v) is 3.49. The molecular weight excluding hydrogens is 418 g/mol. The van der Waals surface area contributed by atoms with E-state index >= 15 is 0 Å². The zero-order valence-electron chi connectivity index (χ0n) is 17.8. The second-order valence-electron chi connectivity index (χ2n) is 7.54. The number of rotatable bonds is 6. The van der Waals surface area contributed by atoms with Gasteiger partial charge in [-0.05, 0) is 42.0 Å². The van der Waals surface area contributed by atoms with Gasteiger partial charge in [-0.2, -0.15) is 0 Å². The lowest BCUT2D eigenvalue weighted by atomic mass is 10.1. The standard InChI is InChI=1S/C27H21NO5/c1-17(29)19-12-7-13-22(14-19)28-26(31)25(18-8-3-2-4-9-18)33-27(32)23-15-20-10-5-6-11-21(20)16-24(23)30/h2-16,25,30H,1H3,(H,28,31). The van der Waals surface area contributed by atoms with Crippen LogP contribution >= 0.6 is 0 Å². The van der Waals surface area contributed by atoms with Crippen LogP contribution in [0.5, 0.6) is 5.75 Å². The van der Waals surface area contributed by atoms with Crippen LogP contribution in [-0.4, -0.2) is 22.8 Å². The van der Waals surface area contributed by atoms with Crippen LogP contribution in [0.2, 0.25) is 0 Å². The number of carbonyl (C=O) groups excluding carboxylic acids is 3. The molecule has 6 nitrogen and oxygen atoms in total. The molecule has 0 saturated carbocycles. The van der Waals surface area contributed by atoms with Crippen molar-refractivity contribution >= 4 is 34.1 Å². The van der Waals surface area contributed by atoms with E-state index in [0.717, 1.165) is 10.8 Å². The van der Waals surface area contributed by atoms with Gasteiger partial charge in [0.2, 0.25) is 6.10 Å². The van der Waals surface area contributed by atoms with Crippen LogP contribution in [0.4, 0.5) is 5.69 Å². The summed E-state index contributed by atoms with van der Waals surface area (Å²) in [5, 5.41) is 14.6. The Kier molecular flexibility index (Phi) is 6.17. The molecule has 1 unspecified atom stereocenters. The zero-order valence-corrected chi connectivity index (χ0v) is 17.8. The van der Waals surface area contributed by atoms with Crippen molar-refractivity contribution in [2.24, 2.45) is 0 Å². The monoisotopic (exact) mass is 439 g/mol. The van der Waals surface area contributed by atoms with Gasteiger partial charge < -0.3 is 15.2 Å². The third-order valence-electron chi connectivity index (χ3n) is 5.19. The molecule has 0 aliphatic heterocycles. The van der Waals surface area contributed by atoms with E-state index in [2.05, 4.69) is 5.32 Å². The first-order chi connectivity index (χ1) is 15.9. The molecule has 6 heteroatoms. The van der Waals surface area contributed by atoms with Gasteiger partial charge in [-0.25, -0.2) is 4.79 Å². The van der Waals surface area contributed by atoms with Crippen molar-refractivity contribution < 1.29 is 24.2 Å². The lowest BCUT2D eigenvalue weighted by molar-refractivity contribution is -0.125. The Morgan fingerprint density at radius 3 is 2.18 bits per heavy atom. The topological polar surface area (TPSA) is 92.7 Å². The zero-order chi connectivity index (χ0) is 23.4. The van der Waals surface area contributed by atoms with Gasteiger partial charge in [0, 0.05) is 16.8 Å². The van der Waals surface area contributed by atoms with Crippen molar-refractivity contribution in [1.29, 1.82) is 0 Å². The summed E-state index contributed by atoms with van der Waals surface area (Å²) in [4.78, 5) is 37.8. The Labute approximate surface area is 190 Å². The number of esters is 1. The molecule has 4 aromatic carbocycles. The van der Waals surface area contributed by atoms with E-state index in [1.165, 1.54) is 19.1 Å². The minimum Gasteiger partial charge on any atom is -0.507 e. The summed E-state index contributed by atoms with van der Waals surface area (Å²) in [5.74, 6) is -1.79. The predicted molar refractivity (Wildman–Crippen MR) is 125 cm³/mol. The van der Waals surface area contributed by atoms with E-state index in [1.807, 2.05) is 24.3 Å². The van der Waals surface area contributed by atoms with Gasteiger partial charge >= 0.3 is 5.97 Å². The molecule has 1 atom stereocenters. The van der Waals surface area contributed by atoms with Crippen LogP contribution in [-0.2, 0) is 9.53 Å². The van der Waals surface area contributed by atoms with Crippen molar-refractivity contribution in [3.63, 3.8) is 0 Å². The van der Waals surface area contributed by atoms with Crippen LogP contribution in [0, 0.1) is 0 Å². The molecule has 0 radical (unpaired) electrons. The quantitative estimate of drug-likeness (QED) is 0.315. The summed E-state index contributed by atoms with van der Waals surface area (Å²) in [6.45, 7) is 1.44. The number of Topliss-reactive ketones (excluding diaryl/α,β-unsaturated/α-hetero) is 1. The fourth-order valence-electron chi connectivity index (χ4n) is 3.49. The lowest BCUT2D eigenvalue weighted by Gasteiger charge is -2.19. The number of ether oxygens (including phenoxy) is 1. The van der Waals surface area contributed by atoms with E-state index < -0.39 is 18.0 Å². The molecule has 4 aromatic rings. The number of nitrogens with one attached hydrogen (secondary N) is 1. The number of aromatic hydroxyl groups is 1. The molecule has 0 bridgehead atoms. The van der Waals surface area contributed by atoms with Gasteiger partial charge in [0.25, 0.3) is 5.91 Å². The van der Waals surface area contributed by atoms with Crippen LogP contribution < -0.4 is 5.32 Å². The van der Waals surface area contributed by atoms with Gasteiger partial charge in [-0.3, -0.25) is 9.59 Å². The summed E-state index contributed by atoms with van der Waals surface area (Å²) in [5.41, 5.74) is 1.27. The number of phenols is 1. The Morgan fingerprint density at radius 2 is 1.48 bits per heavy atom. The molecule has 0 saturated heterocycles. The third-order valence-corrected chi connectivity index (χ3v) is 5.19. The largest absolute Gasteiger partial charge is 0.507 e. The van der Waals surface area contributed by atoms with Crippen LogP contribution in [0.25, 0.3) is 10.8 Å². The van der Waals surface area contributed by atoms with Gasteiger partial charge in [0.05, 0.1) is 0 Å². The maximum Gasteiger partial charge on any atom is 0.343 e. The Balaban J connectivity index is 1.63. The van der Waals surface area contributed by atoms with Gasteiger partial charge in [0.1, 0.15) is 11.3 Å². The number of phenolic OH excluding ortho intramolecular Hbond substituents is 1. The summed E-state index contributed by atoms with van der Waals surface area (Å²) in [6, 6.07) is 25.4. The fraction of sp³-hybridized carbons (Fsp3) is 0.0741.